The van der Waals surface area contributed by atoms with Gasteiger partial charge in [0.25, 0.3) is 0 Å². The summed E-state index contributed by atoms with van der Waals surface area (Å²) in [6, 6.07) is 0.118. The summed E-state index contributed by atoms with van der Waals surface area (Å²) in [6.07, 6.45) is 6.35. The predicted molar refractivity (Wildman–Crippen MR) is 81.1 cm³/mol. The van der Waals surface area contributed by atoms with E-state index in [-0.39, 0.29) is 12.1 Å². The minimum absolute atomic E-state index is 0.00574. The van der Waals surface area contributed by atoms with E-state index < -0.39 is 11.9 Å². The maximum Gasteiger partial charge on any atom is 0.320 e. The highest BCUT2D eigenvalue weighted by atomic mass is 16.4. The van der Waals surface area contributed by atoms with Crippen LogP contribution in [0.25, 0.3) is 0 Å². The summed E-state index contributed by atoms with van der Waals surface area (Å²) in [7, 11) is 1.88. The van der Waals surface area contributed by atoms with Gasteiger partial charge in [-0.05, 0) is 44.9 Å². The van der Waals surface area contributed by atoms with Crippen LogP contribution in [0, 0.1) is 11.8 Å². The highest BCUT2D eigenvalue weighted by molar-refractivity contribution is 5.78. The molecular formula is C16H28N2O3. The summed E-state index contributed by atoms with van der Waals surface area (Å²) in [4.78, 5) is 27.4. The Bertz CT molecular complexity index is 391. The molecule has 2 fully saturated rings. The van der Waals surface area contributed by atoms with Gasteiger partial charge < -0.3 is 14.9 Å². The summed E-state index contributed by atoms with van der Waals surface area (Å²) in [6.45, 7) is 4.65. The van der Waals surface area contributed by atoms with Gasteiger partial charge in [0.05, 0.1) is 5.92 Å². The summed E-state index contributed by atoms with van der Waals surface area (Å²) in [5.74, 6) is -0.395. The molecule has 2 aliphatic rings. The molecule has 5 nitrogen and oxygen atoms in total. The Balaban J connectivity index is 1.93. The molecule has 0 spiro atoms. The van der Waals surface area contributed by atoms with Crippen LogP contribution in [0.3, 0.4) is 0 Å². The van der Waals surface area contributed by atoms with Gasteiger partial charge in [-0.25, -0.2) is 4.79 Å². The van der Waals surface area contributed by atoms with Crippen molar-refractivity contribution in [1.82, 2.24) is 9.80 Å². The van der Waals surface area contributed by atoms with Gasteiger partial charge in [-0.2, -0.15) is 0 Å². The van der Waals surface area contributed by atoms with Gasteiger partial charge in [-0.1, -0.05) is 13.3 Å². The fraction of sp³-hybridized carbons (Fsp3) is 0.875. The molecule has 2 amide bonds. The number of nitrogens with zero attached hydrogens (tertiary/aromatic N) is 2. The van der Waals surface area contributed by atoms with Gasteiger partial charge in [-0.15, -0.1) is 0 Å². The smallest absolute Gasteiger partial charge is 0.320 e. The Kier molecular flexibility index (Phi) is 5.12. The van der Waals surface area contributed by atoms with E-state index in [0.717, 1.165) is 18.8 Å². The zero-order chi connectivity index (χ0) is 15.6. The molecule has 1 N–H and O–H groups in total. The van der Waals surface area contributed by atoms with Crippen molar-refractivity contribution in [1.29, 1.82) is 0 Å². The van der Waals surface area contributed by atoms with E-state index in [1.165, 1.54) is 19.3 Å². The molecule has 1 heterocycles. The number of rotatable bonds is 3. The van der Waals surface area contributed by atoms with Crippen LogP contribution in [-0.4, -0.2) is 52.6 Å². The fourth-order valence-electron chi connectivity index (χ4n) is 3.84. The van der Waals surface area contributed by atoms with Crippen LogP contribution >= 0.6 is 0 Å². The summed E-state index contributed by atoms with van der Waals surface area (Å²) in [5, 5.41) is 9.18. The van der Waals surface area contributed by atoms with Crippen molar-refractivity contribution >= 4 is 12.0 Å². The van der Waals surface area contributed by atoms with E-state index in [9.17, 15) is 14.7 Å². The van der Waals surface area contributed by atoms with Crippen LogP contribution in [0.2, 0.25) is 0 Å². The monoisotopic (exact) mass is 296 g/mol. The first-order valence-corrected chi connectivity index (χ1v) is 8.21. The quantitative estimate of drug-likeness (QED) is 0.871. The largest absolute Gasteiger partial charge is 0.481 e. The lowest BCUT2D eigenvalue weighted by atomic mass is 9.84. The lowest BCUT2D eigenvalue weighted by Gasteiger charge is -2.37. The lowest BCUT2D eigenvalue weighted by molar-refractivity contribution is -0.142. The summed E-state index contributed by atoms with van der Waals surface area (Å²) < 4.78 is 0. The first-order valence-electron chi connectivity index (χ1n) is 8.21. The molecule has 0 radical (unpaired) electrons. The second-order valence-corrected chi connectivity index (χ2v) is 6.64. The minimum Gasteiger partial charge on any atom is -0.481 e. The van der Waals surface area contributed by atoms with Crippen LogP contribution in [0.5, 0.6) is 0 Å². The molecule has 21 heavy (non-hydrogen) atoms. The Morgan fingerprint density at radius 2 is 1.81 bits per heavy atom. The van der Waals surface area contributed by atoms with Crippen LogP contribution in [-0.2, 0) is 4.79 Å². The molecule has 1 aliphatic heterocycles. The normalized spacial score (nSPS) is 33.0. The van der Waals surface area contributed by atoms with E-state index in [0.29, 0.717) is 19.0 Å². The maximum atomic E-state index is 12.6. The van der Waals surface area contributed by atoms with E-state index in [1.807, 2.05) is 18.9 Å². The fourth-order valence-corrected chi connectivity index (χ4v) is 3.84. The van der Waals surface area contributed by atoms with Gasteiger partial charge in [0, 0.05) is 25.7 Å². The summed E-state index contributed by atoms with van der Waals surface area (Å²) >= 11 is 0. The predicted octanol–water partition coefficient (Wildman–Crippen LogP) is 2.80. The van der Waals surface area contributed by atoms with Crippen LogP contribution in [0.4, 0.5) is 4.79 Å². The standard InChI is InChI=1S/C16H28N2O3/c1-4-12-5-7-13(8-6-12)17(3)16(21)18-10-9-14(11(18)2)15(19)20/h11-14H,4-10H2,1-3H3,(H,19,20). The topological polar surface area (TPSA) is 60.9 Å². The van der Waals surface area contributed by atoms with Gasteiger partial charge >= 0.3 is 12.0 Å². The second kappa shape index (κ2) is 6.67. The molecular weight excluding hydrogens is 268 g/mol. The molecule has 1 aliphatic carbocycles. The Morgan fingerprint density at radius 3 is 2.29 bits per heavy atom. The minimum atomic E-state index is -0.788. The Labute approximate surface area is 127 Å². The van der Waals surface area contributed by atoms with E-state index in [4.69, 9.17) is 0 Å². The lowest BCUT2D eigenvalue weighted by Crippen LogP contribution is -2.49. The highest BCUT2D eigenvalue weighted by Crippen LogP contribution is 2.31. The molecule has 0 aromatic heterocycles. The molecule has 1 saturated carbocycles. The number of carboxylic acid groups (broad SMARTS) is 1. The molecule has 2 rings (SSSR count). The van der Waals surface area contributed by atoms with E-state index >= 15 is 0 Å². The van der Waals surface area contributed by atoms with Crippen molar-refractivity contribution in [3.63, 3.8) is 0 Å². The van der Waals surface area contributed by atoms with Crippen molar-refractivity contribution in [2.75, 3.05) is 13.6 Å². The molecule has 1 saturated heterocycles. The number of carbonyl (C=O) groups is 2. The zero-order valence-corrected chi connectivity index (χ0v) is 13.4. The SMILES string of the molecule is CCC1CCC(N(C)C(=O)N2CCC(C(=O)O)C2C)CC1. The number of likely N-dealkylation sites (tertiary alicyclic amines) is 1. The third-order valence-corrected chi connectivity index (χ3v) is 5.56. The Morgan fingerprint density at radius 1 is 1.19 bits per heavy atom. The molecule has 120 valence electrons. The first-order chi connectivity index (χ1) is 9.95. The van der Waals surface area contributed by atoms with Gasteiger partial charge in [-0.3, -0.25) is 4.79 Å². The number of carbonyl (C=O) groups excluding carboxylic acids is 1. The van der Waals surface area contributed by atoms with Crippen LogP contribution < -0.4 is 0 Å². The number of urea groups is 1. The third kappa shape index (κ3) is 3.33. The van der Waals surface area contributed by atoms with Gasteiger partial charge in [0.1, 0.15) is 0 Å². The number of aliphatic carboxylic acids is 1. The molecule has 5 heteroatoms. The first kappa shape index (κ1) is 16.1. The number of amides is 2. The molecule has 2 unspecified atom stereocenters. The van der Waals surface area contributed by atoms with Crippen molar-refractivity contribution < 1.29 is 14.7 Å². The molecule has 2 atom stereocenters. The second-order valence-electron chi connectivity index (χ2n) is 6.64. The average Bonchev–Trinajstić information content (AvgIpc) is 2.87. The summed E-state index contributed by atoms with van der Waals surface area (Å²) in [5.41, 5.74) is 0. The number of hydrogen-bond acceptors (Lipinski definition) is 2. The van der Waals surface area contributed by atoms with Crippen molar-refractivity contribution in [2.24, 2.45) is 11.8 Å². The Hall–Kier alpha value is -1.26. The zero-order valence-electron chi connectivity index (χ0n) is 13.4. The van der Waals surface area contributed by atoms with Crippen molar-refractivity contribution in [3.05, 3.63) is 0 Å². The van der Waals surface area contributed by atoms with Gasteiger partial charge in [0.15, 0.2) is 0 Å². The van der Waals surface area contributed by atoms with E-state index in [2.05, 4.69) is 6.92 Å². The third-order valence-electron chi connectivity index (χ3n) is 5.56. The van der Waals surface area contributed by atoms with Crippen molar-refractivity contribution in [2.45, 2.75) is 64.5 Å². The highest BCUT2D eigenvalue weighted by Gasteiger charge is 2.40. The molecule has 0 aromatic rings. The average molecular weight is 296 g/mol. The van der Waals surface area contributed by atoms with Crippen LogP contribution in [0.15, 0.2) is 0 Å². The maximum absolute atomic E-state index is 12.6. The number of carboxylic acids is 1. The van der Waals surface area contributed by atoms with Crippen molar-refractivity contribution in [3.8, 4) is 0 Å². The van der Waals surface area contributed by atoms with E-state index in [1.54, 1.807) is 4.90 Å². The van der Waals surface area contributed by atoms with Gasteiger partial charge in [0.2, 0.25) is 0 Å². The van der Waals surface area contributed by atoms with Crippen LogP contribution in [0.1, 0.15) is 52.4 Å². The molecule has 0 bridgehead atoms. The molecule has 0 aromatic carbocycles. The number of hydrogen-bond donors (Lipinski definition) is 1.